The number of rotatable bonds is 7. The molecule has 0 aliphatic carbocycles. The fourth-order valence-corrected chi connectivity index (χ4v) is 3.46. The van der Waals surface area contributed by atoms with Crippen LogP contribution in [0.25, 0.3) is 0 Å². The molecule has 4 atom stereocenters. The molecule has 0 saturated carbocycles. The Morgan fingerprint density at radius 1 is 0.647 bits per heavy atom. The highest BCUT2D eigenvalue weighted by Crippen LogP contribution is 2.28. The molecule has 1 N–H and O–H groups in total. The van der Waals surface area contributed by atoms with Crippen LogP contribution in [0, 0.1) is 0 Å². The molecule has 1 heterocycles. The van der Waals surface area contributed by atoms with Crippen molar-refractivity contribution >= 4 is 17.9 Å². The van der Waals surface area contributed by atoms with Crippen LogP contribution >= 0.6 is 0 Å². The van der Waals surface area contributed by atoms with Crippen LogP contribution in [0.1, 0.15) is 31.1 Å². The van der Waals surface area contributed by atoms with Gasteiger partial charge >= 0.3 is 17.9 Å². The Hall–Kier alpha value is -4.01. The minimum Gasteiger partial charge on any atom is -0.459 e. The van der Waals surface area contributed by atoms with Crippen molar-refractivity contribution in [3.8, 4) is 0 Å². The summed E-state index contributed by atoms with van der Waals surface area (Å²) in [4.78, 5) is 37.6. The summed E-state index contributed by atoms with van der Waals surface area (Å²) in [6.07, 6.45) is -5.22. The van der Waals surface area contributed by atoms with Crippen LogP contribution in [0.3, 0.4) is 0 Å². The molecule has 1 saturated heterocycles. The van der Waals surface area contributed by atoms with Crippen LogP contribution in [0.5, 0.6) is 0 Å². The van der Waals surface area contributed by atoms with E-state index in [2.05, 4.69) is 0 Å². The van der Waals surface area contributed by atoms with Crippen molar-refractivity contribution < 1.29 is 38.4 Å². The normalized spacial score (nSPS) is 21.4. The van der Waals surface area contributed by atoms with Crippen LogP contribution in [0.15, 0.2) is 91.0 Å². The summed E-state index contributed by atoms with van der Waals surface area (Å²) in [6, 6.07) is 24.7. The highest BCUT2D eigenvalue weighted by molar-refractivity contribution is 5.90. The molecule has 1 aliphatic rings. The van der Waals surface area contributed by atoms with Gasteiger partial charge in [-0.05, 0) is 36.4 Å². The van der Waals surface area contributed by atoms with Crippen molar-refractivity contribution in [1.29, 1.82) is 0 Å². The predicted molar refractivity (Wildman–Crippen MR) is 119 cm³/mol. The van der Waals surface area contributed by atoms with Gasteiger partial charge in [-0.1, -0.05) is 54.6 Å². The standard InChI is InChI=1S/C26H22O8/c27-23(17-10-4-1-5-11-17)31-16-20-21(33-24(28)18-12-6-2-7-13-18)22(26(30)32-20)34-25(29)19-14-8-3-9-15-19/h1-15,20-22,26,30H,16H2/t20-,21-,22?,26?/m1/s1. The number of aliphatic hydroxyl groups is 1. The second-order valence-corrected chi connectivity index (χ2v) is 7.50. The van der Waals surface area contributed by atoms with Gasteiger partial charge in [-0.2, -0.15) is 0 Å². The number of hydrogen-bond acceptors (Lipinski definition) is 8. The van der Waals surface area contributed by atoms with Crippen LogP contribution in [0.2, 0.25) is 0 Å². The lowest BCUT2D eigenvalue weighted by Gasteiger charge is -2.23. The van der Waals surface area contributed by atoms with E-state index in [0.717, 1.165) is 0 Å². The second-order valence-electron chi connectivity index (χ2n) is 7.50. The Balaban J connectivity index is 1.51. The van der Waals surface area contributed by atoms with Gasteiger partial charge in [0.1, 0.15) is 12.7 Å². The average Bonchev–Trinajstić information content (AvgIpc) is 3.17. The van der Waals surface area contributed by atoms with Gasteiger partial charge in [-0.3, -0.25) is 0 Å². The maximum atomic E-state index is 12.7. The van der Waals surface area contributed by atoms with Crippen molar-refractivity contribution in [1.82, 2.24) is 0 Å². The molecule has 1 aliphatic heterocycles. The van der Waals surface area contributed by atoms with Crippen molar-refractivity contribution in [2.75, 3.05) is 6.61 Å². The fourth-order valence-electron chi connectivity index (χ4n) is 3.46. The third kappa shape index (κ3) is 5.48. The smallest absolute Gasteiger partial charge is 0.338 e. The first kappa shape index (κ1) is 23.2. The van der Waals surface area contributed by atoms with E-state index in [0.29, 0.717) is 5.56 Å². The zero-order valence-corrected chi connectivity index (χ0v) is 18.0. The molecule has 0 aromatic heterocycles. The van der Waals surface area contributed by atoms with Gasteiger partial charge in [-0.15, -0.1) is 0 Å². The molecule has 0 amide bonds. The first-order chi connectivity index (χ1) is 16.5. The van der Waals surface area contributed by atoms with E-state index in [1.165, 1.54) is 0 Å². The van der Waals surface area contributed by atoms with E-state index in [9.17, 15) is 19.5 Å². The first-order valence-corrected chi connectivity index (χ1v) is 10.6. The predicted octanol–water partition coefficient (Wildman–Crippen LogP) is 3.01. The van der Waals surface area contributed by atoms with Crippen molar-refractivity contribution in [3.05, 3.63) is 108 Å². The number of carbonyl (C=O) groups is 3. The van der Waals surface area contributed by atoms with E-state index < -0.39 is 42.5 Å². The van der Waals surface area contributed by atoms with Gasteiger partial charge < -0.3 is 24.1 Å². The number of ether oxygens (including phenoxy) is 4. The molecule has 3 aromatic carbocycles. The number of benzene rings is 3. The van der Waals surface area contributed by atoms with Crippen molar-refractivity contribution in [2.24, 2.45) is 0 Å². The van der Waals surface area contributed by atoms with E-state index in [-0.39, 0.29) is 17.7 Å². The Kier molecular flexibility index (Phi) is 7.31. The molecule has 8 nitrogen and oxygen atoms in total. The third-order valence-corrected chi connectivity index (χ3v) is 5.18. The zero-order chi connectivity index (χ0) is 23.9. The van der Waals surface area contributed by atoms with Gasteiger partial charge in [0.2, 0.25) is 0 Å². The Bertz CT molecular complexity index is 1120. The minimum atomic E-state index is -1.60. The second kappa shape index (κ2) is 10.7. The molecule has 2 unspecified atom stereocenters. The summed E-state index contributed by atoms with van der Waals surface area (Å²) in [6.45, 7) is -0.336. The Morgan fingerprint density at radius 2 is 1.06 bits per heavy atom. The maximum Gasteiger partial charge on any atom is 0.338 e. The summed E-state index contributed by atoms with van der Waals surface area (Å²) in [5.74, 6) is -2.05. The number of carbonyl (C=O) groups excluding carboxylic acids is 3. The summed E-state index contributed by atoms with van der Waals surface area (Å²) in [7, 11) is 0. The van der Waals surface area contributed by atoms with Crippen LogP contribution < -0.4 is 0 Å². The molecule has 174 valence electrons. The monoisotopic (exact) mass is 462 g/mol. The quantitative estimate of drug-likeness (QED) is 0.422. The molecule has 4 rings (SSSR count). The molecule has 34 heavy (non-hydrogen) atoms. The van der Waals surface area contributed by atoms with Crippen LogP contribution in [-0.2, 0) is 18.9 Å². The molecule has 0 bridgehead atoms. The third-order valence-electron chi connectivity index (χ3n) is 5.18. The first-order valence-electron chi connectivity index (χ1n) is 10.6. The number of esters is 3. The van der Waals surface area contributed by atoms with Crippen molar-refractivity contribution in [3.63, 3.8) is 0 Å². The van der Waals surface area contributed by atoms with E-state index >= 15 is 0 Å². The van der Waals surface area contributed by atoms with Crippen LogP contribution in [-0.4, -0.2) is 54.2 Å². The van der Waals surface area contributed by atoms with Gasteiger partial charge in [0.15, 0.2) is 18.5 Å². The van der Waals surface area contributed by atoms with E-state index in [1.54, 1.807) is 91.0 Å². The lowest BCUT2D eigenvalue weighted by Crippen LogP contribution is -2.42. The summed E-state index contributed by atoms with van der Waals surface area (Å²) in [5, 5.41) is 10.5. The largest absolute Gasteiger partial charge is 0.459 e. The van der Waals surface area contributed by atoms with Crippen molar-refractivity contribution in [2.45, 2.75) is 24.6 Å². The summed E-state index contributed by atoms with van der Waals surface area (Å²) in [5.41, 5.74) is 0.838. The Labute approximate surface area is 195 Å². The van der Waals surface area contributed by atoms with Gasteiger partial charge in [0, 0.05) is 0 Å². The minimum absolute atomic E-state index is 0.252. The average molecular weight is 462 g/mol. The fraction of sp³-hybridized carbons (Fsp3) is 0.192. The number of hydrogen-bond donors (Lipinski definition) is 1. The summed E-state index contributed by atoms with van der Waals surface area (Å²) >= 11 is 0. The highest BCUT2D eigenvalue weighted by atomic mass is 16.7. The van der Waals surface area contributed by atoms with E-state index in [4.69, 9.17) is 18.9 Å². The molecular weight excluding hydrogens is 440 g/mol. The molecule has 0 spiro atoms. The van der Waals surface area contributed by atoms with Gasteiger partial charge in [0.25, 0.3) is 0 Å². The maximum absolute atomic E-state index is 12.7. The van der Waals surface area contributed by atoms with Gasteiger partial charge in [0.05, 0.1) is 16.7 Å². The number of aliphatic hydroxyl groups excluding tert-OH is 1. The Morgan fingerprint density at radius 3 is 1.53 bits per heavy atom. The molecule has 8 heteroatoms. The molecule has 1 fully saturated rings. The SMILES string of the molecule is O=C(OC[C@H]1OC(O)C(OC(=O)c2ccccc2)[C@@H]1OC(=O)c1ccccc1)c1ccccc1. The molecule has 0 radical (unpaired) electrons. The molecular formula is C26H22O8. The van der Waals surface area contributed by atoms with Gasteiger partial charge in [-0.25, -0.2) is 14.4 Å². The highest BCUT2D eigenvalue weighted by Gasteiger charge is 2.50. The lowest BCUT2D eigenvalue weighted by molar-refractivity contribution is -0.135. The molecule has 3 aromatic rings. The summed E-state index contributed by atoms with van der Waals surface area (Å²) < 4.78 is 21.8. The zero-order valence-electron chi connectivity index (χ0n) is 18.0. The topological polar surface area (TPSA) is 108 Å². The van der Waals surface area contributed by atoms with E-state index in [1.807, 2.05) is 0 Å². The lowest BCUT2D eigenvalue weighted by atomic mass is 10.1. The van der Waals surface area contributed by atoms with Crippen LogP contribution in [0.4, 0.5) is 0 Å².